The van der Waals surface area contributed by atoms with Crippen LogP contribution in [0.1, 0.15) is 49.7 Å². The summed E-state index contributed by atoms with van der Waals surface area (Å²) < 4.78 is 3.10. The van der Waals surface area contributed by atoms with Crippen LogP contribution in [0.4, 0.5) is 0 Å². The fraction of sp³-hybridized carbons (Fsp3) is 0.769. The fourth-order valence-corrected chi connectivity index (χ4v) is 3.89. The molecule has 2 atom stereocenters. The normalized spacial score (nSPS) is 28.6. The summed E-state index contributed by atoms with van der Waals surface area (Å²) in [6.45, 7) is 6.61. The van der Waals surface area contributed by atoms with E-state index in [1.54, 1.807) is 0 Å². The van der Waals surface area contributed by atoms with Crippen molar-refractivity contribution < 1.29 is 5.11 Å². The third-order valence-corrected chi connectivity index (χ3v) is 4.83. The lowest BCUT2D eigenvalue weighted by molar-refractivity contribution is 0.137. The number of fused-ring (bicyclic) bond motifs is 1. The zero-order chi connectivity index (χ0) is 12.7. The van der Waals surface area contributed by atoms with Crippen molar-refractivity contribution >= 4 is 15.9 Å². The lowest BCUT2D eigenvalue weighted by Crippen LogP contribution is -2.22. The van der Waals surface area contributed by atoms with Gasteiger partial charge in [0, 0.05) is 19.0 Å². The molecule has 18 heavy (non-hydrogen) atoms. The molecule has 1 aromatic heterocycles. The van der Waals surface area contributed by atoms with Gasteiger partial charge in [0.2, 0.25) is 0 Å². The molecule has 2 aliphatic rings. The number of hydrogen-bond donors (Lipinski definition) is 1. The molecule has 2 unspecified atom stereocenters. The molecule has 0 bridgehead atoms. The lowest BCUT2D eigenvalue weighted by Gasteiger charge is -2.23. The second kappa shape index (κ2) is 4.94. The van der Waals surface area contributed by atoms with E-state index < -0.39 is 0 Å². The standard InChI is InChI=1S/C13H20BrN3O/c1-2-16-7-5-9(8-16)13-15-12(14)11-10(18)4-3-6-17(11)13/h9-10,18H,2-8H2,1H3. The molecular weight excluding hydrogens is 294 g/mol. The van der Waals surface area contributed by atoms with Crippen LogP contribution >= 0.6 is 15.9 Å². The zero-order valence-corrected chi connectivity index (χ0v) is 12.4. The molecule has 3 rings (SSSR count). The number of halogens is 1. The van der Waals surface area contributed by atoms with Gasteiger partial charge < -0.3 is 14.6 Å². The molecule has 0 aliphatic carbocycles. The maximum atomic E-state index is 10.1. The van der Waals surface area contributed by atoms with Crippen LogP contribution in [0.2, 0.25) is 0 Å². The Kier molecular flexibility index (Phi) is 3.47. The number of imidazole rings is 1. The average molecular weight is 314 g/mol. The summed E-state index contributed by atoms with van der Waals surface area (Å²) in [4.78, 5) is 7.16. The third kappa shape index (κ3) is 2.02. The van der Waals surface area contributed by atoms with Crippen LogP contribution < -0.4 is 0 Å². The Balaban J connectivity index is 1.92. The average Bonchev–Trinajstić information content (AvgIpc) is 2.94. The molecule has 1 fully saturated rings. The van der Waals surface area contributed by atoms with E-state index in [9.17, 15) is 5.11 Å². The van der Waals surface area contributed by atoms with E-state index in [0.29, 0.717) is 5.92 Å². The van der Waals surface area contributed by atoms with Gasteiger partial charge >= 0.3 is 0 Å². The number of aliphatic hydroxyl groups excluding tert-OH is 1. The highest BCUT2D eigenvalue weighted by Crippen LogP contribution is 2.36. The molecule has 1 N–H and O–H groups in total. The Labute approximate surface area is 116 Å². The van der Waals surface area contributed by atoms with E-state index in [1.807, 2.05) is 0 Å². The van der Waals surface area contributed by atoms with Gasteiger partial charge in [0.25, 0.3) is 0 Å². The smallest absolute Gasteiger partial charge is 0.130 e. The van der Waals surface area contributed by atoms with Crippen molar-refractivity contribution in [2.75, 3.05) is 19.6 Å². The van der Waals surface area contributed by atoms with E-state index in [2.05, 4.69) is 37.3 Å². The fourth-order valence-electron chi connectivity index (χ4n) is 3.23. The minimum absolute atomic E-state index is 0.349. The van der Waals surface area contributed by atoms with Crippen LogP contribution in [-0.2, 0) is 6.54 Å². The van der Waals surface area contributed by atoms with Crippen molar-refractivity contribution in [3.63, 3.8) is 0 Å². The molecule has 0 amide bonds. The lowest BCUT2D eigenvalue weighted by atomic mass is 10.1. The quantitative estimate of drug-likeness (QED) is 0.910. The molecular formula is C13H20BrN3O. The Morgan fingerprint density at radius 2 is 2.22 bits per heavy atom. The molecule has 3 heterocycles. The molecule has 0 spiro atoms. The molecule has 0 aromatic carbocycles. The van der Waals surface area contributed by atoms with Crippen LogP contribution in [0.25, 0.3) is 0 Å². The third-order valence-electron chi connectivity index (χ3n) is 4.25. The van der Waals surface area contributed by atoms with Gasteiger partial charge in [-0.25, -0.2) is 4.98 Å². The predicted molar refractivity (Wildman–Crippen MR) is 73.6 cm³/mol. The summed E-state index contributed by atoms with van der Waals surface area (Å²) in [5, 5.41) is 10.1. The number of rotatable bonds is 2. The van der Waals surface area contributed by atoms with E-state index >= 15 is 0 Å². The number of likely N-dealkylation sites (tertiary alicyclic amines) is 1. The van der Waals surface area contributed by atoms with Crippen molar-refractivity contribution in [3.05, 3.63) is 16.1 Å². The summed E-state index contributed by atoms with van der Waals surface area (Å²) in [7, 11) is 0. The molecule has 0 radical (unpaired) electrons. The summed E-state index contributed by atoms with van der Waals surface area (Å²) in [6.07, 6.45) is 2.74. The molecule has 5 heteroatoms. The van der Waals surface area contributed by atoms with E-state index in [4.69, 9.17) is 0 Å². The van der Waals surface area contributed by atoms with Gasteiger partial charge in [-0.3, -0.25) is 0 Å². The monoisotopic (exact) mass is 313 g/mol. The predicted octanol–water partition coefficient (Wildman–Crippen LogP) is 2.28. The first-order chi connectivity index (χ1) is 8.70. The second-order valence-electron chi connectivity index (χ2n) is 5.33. The Morgan fingerprint density at radius 3 is 2.94 bits per heavy atom. The van der Waals surface area contributed by atoms with Crippen LogP contribution in [0, 0.1) is 0 Å². The largest absolute Gasteiger partial charge is 0.387 e. The van der Waals surface area contributed by atoms with Crippen molar-refractivity contribution in [3.8, 4) is 0 Å². The van der Waals surface area contributed by atoms with Crippen LogP contribution in [0.3, 0.4) is 0 Å². The summed E-state index contributed by atoms with van der Waals surface area (Å²) in [5.74, 6) is 1.70. The van der Waals surface area contributed by atoms with E-state index in [1.165, 1.54) is 18.8 Å². The Morgan fingerprint density at radius 1 is 1.39 bits per heavy atom. The maximum absolute atomic E-state index is 10.1. The minimum Gasteiger partial charge on any atom is -0.387 e. The van der Waals surface area contributed by atoms with Crippen molar-refractivity contribution in [1.82, 2.24) is 14.5 Å². The Bertz CT molecular complexity index is 446. The molecule has 4 nitrogen and oxygen atoms in total. The Hall–Kier alpha value is -0.390. The van der Waals surface area contributed by atoms with E-state index in [0.717, 1.165) is 42.8 Å². The van der Waals surface area contributed by atoms with Gasteiger partial charge in [0.1, 0.15) is 10.4 Å². The van der Waals surface area contributed by atoms with Gasteiger partial charge in [-0.15, -0.1) is 0 Å². The molecule has 0 saturated carbocycles. The number of aromatic nitrogens is 2. The first-order valence-electron chi connectivity index (χ1n) is 6.87. The van der Waals surface area contributed by atoms with Crippen LogP contribution in [-0.4, -0.2) is 39.2 Å². The summed E-state index contributed by atoms with van der Waals surface area (Å²) >= 11 is 3.52. The van der Waals surface area contributed by atoms with Gasteiger partial charge in [-0.05, 0) is 48.3 Å². The van der Waals surface area contributed by atoms with Crippen molar-refractivity contribution in [2.45, 2.75) is 44.8 Å². The first-order valence-corrected chi connectivity index (χ1v) is 7.66. The van der Waals surface area contributed by atoms with Gasteiger partial charge in [0.15, 0.2) is 0 Å². The molecule has 1 aromatic rings. The number of hydrogen-bond acceptors (Lipinski definition) is 3. The summed E-state index contributed by atoms with van der Waals surface area (Å²) in [5.41, 5.74) is 0.992. The number of likely N-dealkylation sites (N-methyl/N-ethyl adjacent to an activating group) is 1. The highest BCUT2D eigenvalue weighted by atomic mass is 79.9. The van der Waals surface area contributed by atoms with E-state index in [-0.39, 0.29) is 6.10 Å². The number of aliphatic hydroxyl groups is 1. The highest BCUT2D eigenvalue weighted by molar-refractivity contribution is 9.10. The van der Waals surface area contributed by atoms with Crippen LogP contribution in [0.5, 0.6) is 0 Å². The second-order valence-corrected chi connectivity index (χ2v) is 6.09. The highest BCUT2D eigenvalue weighted by Gasteiger charge is 2.31. The maximum Gasteiger partial charge on any atom is 0.130 e. The SMILES string of the molecule is CCN1CCC(c2nc(Br)c3n2CCCC3O)C1. The molecule has 100 valence electrons. The molecule has 2 aliphatic heterocycles. The first kappa shape index (κ1) is 12.6. The van der Waals surface area contributed by atoms with Gasteiger partial charge in [-0.1, -0.05) is 6.92 Å². The zero-order valence-electron chi connectivity index (χ0n) is 10.8. The van der Waals surface area contributed by atoms with Crippen molar-refractivity contribution in [2.24, 2.45) is 0 Å². The molecule has 1 saturated heterocycles. The van der Waals surface area contributed by atoms with Gasteiger partial charge in [-0.2, -0.15) is 0 Å². The summed E-state index contributed by atoms with van der Waals surface area (Å²) in [6, 6.07) is 0. The van der Waals surface area contributed by atoms with Crippen LogP contribution in [0.15, 0.2) is 4.60 Å². The number of nitrogens with zero attached hydrogens (tertiary/aromatic N) is 3. The van der Waals surface area contributed by atoms with Gasteiger partial charge in [0.05, 0.1) is 11.8 Å². The topological polar surface area (TPSA) is 41.3 Å². The minimum atomic E-state index is -0.349. The van der Waals surface area contributed by atoms with Crippen molar-refractivity contribution in [1.29, 1.82) is 0 Å².